The van der Waals surface area contributed by atoms with Crippen molar-refractivity contribution in [1.29, 1.82) is 0 Å². The summed E-state index contributed by atoms with van der Waals surface area (Å²) in [4.78, 5) is 23.4. The van der Waals surface area contributed by atoms with Crippen LogP contribution in [0.25, 0.3) is 0 Å². The van der Waals surface area contributed by atoms with Gasteiger partial charge in [0.1, 0.15) is 0 Å². The lowest BCUT2D eigenvalue weighted by atomic mass is 10.1. The van der Waals surface area contributed by atoms with Crippen molar-refractivity contribution in [3.63, 3.8) is 0 Å². The summed E-state index contributed by atoms with van der Waals surface area (Å²) < 4.78 is 0. The molecule has 0 saturated heterocycles. The third kappa shape index (κ3) is 4.91. The van der Waals surface area contributed by atoms with E-state index in [4.69, 9.17) is 0 Å². The Kier molecular flexibility index (Phi) is 6.56. The van der Waals surface area contributed by atoms with Crippen LogP contribution in [-0.2, 0) is 11.2 Å². The number of carbonyl (C=O) groups is 2. The van der Waals surface area contributed by atoms with Gasteiger partial charge in [-0.3, -0.25) is 4.79 Å². The van der Waals surface area contributed by atoms with E-state index in [1.54, 1.807) is 13.1 Å². The maximum Gasteiger partial charge on any atom is 0.319 e. The van der Waals surface area contributed by atoms with Crippen LogP contribution in [0.3, 0.4) is 0 Å². The number of carbonyl (C=O) groups excluding carboxylic acids is 2. The molecule has 0 unspecified atom stereocenters. The van der Waals surface area contributed by atoms with Gasteiger partial charge in [-0.05, 0) is 24.5 Å². The molecule has 3 amide bonds. The number of nitrogens with one attached hydrogen (secondary N) is 3. The first-order valence-corrected chi connectivity index (χ1v) is 6.96. The molecule has 0 atom stereocenters. The van der Waals surface area contributed by atoms with Gasteiger partial charge in [0.05, 0.1) is 6.42 Å². The fraction of sp³-hybridized carbons (Fsp3) is 0.467. The Morgan fingerprint density at radius 2 is 1.80 bits per heavy atom. The molecular formula is C15H23N3O2. The molecule has 0 aliphatic rings. The fourth-order valence-electron chi connectivity index (χ4n) is 1.89. The fourth-order valence-corrected chi connectivity index (χ4v) is 1.89. The monoisotopic (exact) mass is 277 g/mol. The lowest BCUT2D eigenvalue weighted by Crippen LogP contribution is -2.37. The first kappa shape index (κ1) is 16.0. The van der Waals surface area contributed by atoms with Crippen LogP contribution in [-0.4, -0.2) is 25.0 Å². The summed E-state index contributed by atoms with van der Waals surface area (Å²) in [6.07, 6.45) is 2.03. The number of para-hydroxylation sites is 1. The highest BCUT2D eigenvalue weighted by Gasteiger charge is 2.11. The van der Waals surface area contributed by atoms with E-state index in [-0.39, 0.29) is 24.4 Å². The van der Waals surface area contributed by atoms with E-state index in [2.05, 4.69) is 16.0 Å². The van der Waals surface area contributed by atoms with Crippen LogP contribution < -0.4 is 16.0 Å². The zero-order valence-corrected chi connectivity index (χ0v) is 12.3. The summed E-state index contributed by atoms with van der Waals surface area (Å²) in [5, 5.41) is 8.30. The summed E-state index contributed by atoms with van der Waals surface area (Å²) in [6, 6.07) is 7.25. The molecule has 0 aliphatic heterocycles. The van der Waals surface area contributed by atoms with E-state index < -0.39 is 0 Å². The molecule has 0 heterocycles. The van der Waals surface area contributed by atoms with E-state index in [0.717, 1.165) is 18.4 Å². The van der Waals surface area contributed by atoms with Gasteiger partial charge in [-0.15, -0.1) is 0 Å². The SMILES string of the molecule is CCC(CC)NC(=O)Nc1ccccc1CC(=O)NC. The topological polar surface area (TPSA) is 70.2 Å². The van der Waals surface area contributed by atoms with Crippen LogP contribution in [0.15, 0.2) is 24.3 Å². The molecule has 1 aromatic carbocycles. The molecule has 0 saturated carbocycles. The van der Waals surface area contributed by atoms with Crippen LogP contribution >= 0.6 is 0 Å². The minimum absolute atomic E-state index is 0.0837. The number of hydrogen-bond acceptors (Lipinski definition) is 2. The second-order valence-corrected chi connectivity index (χ2v) is 4.62. The highest BCUT2D eigenvalue weighted by Crippen LogP contribution is 2.15. The van der Waals surface area contributed by atoms with Crippen LogP contribution in [0.5, 0.6) is 0 Å². The molecule has 0 aliphatic carbocycles. The maximum absolute atomic E-state index is 11.9. The van der Waals surface area contributed by atoms with Gasteiger partial charge >= 0.3 is 6.03 Å². The molecule has 20 heavy (non-hydrogen) atoms. The van der Waals surface area contributed by atoms with Crippen molar-refractivity contribution in [2.45, 2.75) is 39.2 Å². The van der Waals surface area contributed by atoms with Crippen molar-refractivity contribution in [1.82, 2.24) is 10.6 Å². The molecule has 0 aromatic heterocycles. The Labute approximate surface area is 120 Å². The molecule has 0 radical (unpaired) electrons. The summed E-state index contributed by atoms with van der Waals surface area (Å²) >= 11 is 0. The van der Waals surface area contributed by atoms with Crippen LogP contribution in [0.1, 0.15) is 32.3 Å². The van der Waals surface area contributed by atoms with Gasteiger partial charge in [-0.1, -0.05) is 32.0 Å². The average molecular weight is 277 g/mol. The van der Waals surface area contributed by atoms with Crippen LogP contribution in [0.2, 0.25) is 0 Å². The molecule has 0 spiro atoms. The van der Waals surface area contributed by atoms with Crippen LogP contribution in [0, 0.1) is 0 Å². The highest BCUT2D eigenvalue weighted by atomic mass is 16.2. The predicted octanol–water partition coefficient (Wildman–Crippen LogP) is 2.29. The van der Waals surface area contributed by atoms with Crippen molar-refractivity contribution in [2.24, 2.45) is 0 Å². The first-order valence-electron chi connectivity index (χ1n) is 6.96. The lowest BCUT2D eigenvalue weighted by Gasteiger charge is -2.16. The van der Waals surface area contributed by atoms with Gasteiger partial charge in [-0.25, -0.2) is 4.79 Å². The third-order valence-electron chi connectivity index (χ3n) is 3.22. The maximum atomic E-state index is 11.9. The number of anilines is 1. The number of hydrogen-bond donors (Lipinski definition) is 3. The molecule has 5 heteroatoms. The molecular weight excluding hydrogens is 254 g/mol. The van der Waals surface area contributed by atoms with Gasteiger partial charge in [-0.2, -0.15) is 0 Å². The number of rotatable bonds is 6. The Balaban J connectivity index is 2.71. The number of amides is 3. The molecule has 0 bridgehead atoms. The molecule has 1 rings (SSSR count). The number of benzene rings is 1. The standard InChI is InChI=1S/C15H23N3O2/c1-4-12(5-2)17-15(20)18-13-9-7-6-8-11(13)10-14(19)16-3/h6-9,12H,4-5,10H2,1-3H3,(H,16,19)(H2,17,18,20). The van der Waals surface area contributed by atoms with Gasteiger partial charge in [0.2, 0.25) is 5.91 Å². The minimum atomic E-state index is -0.233. The lowest BCUT2D eigenvalue weighted by molar-refractivity contribution is -0.119. The Hall–Kier alpha value is -2.04. The summed E-state index contributed by atoms with van der Waals surface area (Å²) in [7, 11) is 1.60. The molecule has 1 aromatic rings. The van der Waals surface area contributed by atoms with Crippen molar-refractivity contribution >= 4 is 17.6 Å². The van der Waals surface area contributed by atoms with E-state index in [0.29, 0.717) is 5.69 Å². The van der Waals surface area contributed by atoms with Crippen molar-refractivity contribution in [3.8, 4) is 0 Å². The zero-order chi connectivity index (χ0) is 15.0. The quantitative estimate of drug-likeness (QED) is 0.746. The second-order valence-electron chi connectivity index (χ2n) is 4.62. The zero-order valence-electron chi connectivity index (χ0n) is 12.3. The summed E-state index contributed by atoms with van der Waals surface area (Å²) in [5.74, 6) is -0.0837. The van der Waals surface area contributed by atoms with E-state index >= 15 is 0 Å². The number of likely N-dealkylation sites (N-methyl/N-ethyl adjacent to an activating group) is 1. The highest BCUT2D eigenvalue weighted by molar-refractivity contribution is 5.91. The average Bonchev–Trinajstić information content (AvgIpc) is 2.46. The largest absolute Gasteiger partial charge is 0.359 e. The normalized spacial score (nSPS) is 10.2. The summed E-state index contributed by atoms with van der Waals surface area (Å²) in [6.45, 7) is 4.07. The smallest absolute Gasteiger partial charge is 0.319 e. The first-order chi connectivity index (χ1) is 9.60. The van der Waals surface area contributed by atoms with E-state index in [1.807, 2.05) is 32.0 Å². The van der Waals surface area contributed by atoms with Crippen LogP contribution in [0.4, 0.5) is 10.5 Å². The minimum Gasteiger partial charge on any atom is -0.359 e. The molecule has 0 fully saturated rings. The van der Waals surface area contributed by atoms with Crippen molar-refractivity contribution in [3.05, 3.63) is 29.8 Å². The number of urea groups is 1. The van der Waals surface area contributed by atoms with Crippen molar-refractivity contribution < 1.29 is 9.59 Å². The molecule has 3 N–H and O–H groups in total. The molecule has 110 valence electrons. The van der Waals surface area contributed by atoms with Gasteiger partial charge in [0.15, 0.2) is 0 Å². The van der Waals surface area contributed by atoms with E-state index in [1.165, 1.54) is 0 Å². The van der Waals surface area contributed by atoms with Gasteiger partial charge < -0.3 is 16.0 Å². The van der Waals surface area contributed by atoms with Gasteiger partial charge in [0.25, 0.3) is 0 Å². The van der Waals surface area contributed by atoms with Crippen molar-refractivity contribution in [2.75, 3.05) is 12.4 Å². The summed E-state index contributed by atoms with van der Waals surface area (Å²) in [5.41, 5.74) is 1.46. The second kappa shape index (κ2) is 8.19. The Morgan fingerprint density at radius 3 is 2.40 bits per heavy atom. The van der Waals surface area contributed by atoms with E-state index in [9.17, 15) is 9.59 Å². The van der Waals surface area contributed by atoms with Gasteiger partial charge in [0, 0.05) is 18.8 Å². The third-order valence-corrected chi connectivity index (χ3v) is 3.22. The Bertz CT molecular complexity index is 456. The Morgan fingerprint density at radius 1 is 1.15 bits per heavy atom. The predicted molar refractivity (Wildman–Crippen MR) is 80.7 cm³/mol. The molecule has 5 nitrogen and oxygen atoms in total.